The molecule has 0 saturated carbocycles. The average Bonchev–Trinajstić information content (AvgIpc) is 2.97. The summed E-state index contributed by atoms with van der Waals surface area (Å²) in [4.78, 5) is 39.2. The van der Waals surface area contributed by atoms with Gasteiger partial charge in [-0.05, 0) is 43.7 Å². The second-order valence-corrected chi connectivity index (χ2v) is 9.18. The summed E-state index contributed by atoms with van der Waals surface area (Å²) in [5.74, 6) is -2.00. The van der Waals surface area contributed by atoms with E-state index in [4.69, 9.17) is 0 Å². The van der Waals surface area contributed by atoms with Crippen molar-refractivity contribution < 1.29 is 27.2 Å². The van der Waals surface area contributed by atoms with Crippen LogP contribution in [0.4, 0.5) is 4.39 Å². The summed E-state index contributed by atoms with van der Waals surface area (Å²) < 4.78 is 39.3. The van der Waals surface area contributed by atoms with Gasteiger partial charge in [-0.15, -0.1) is 0 Å². The van der Waals surface area contributed by atoms with E-state index in [0.29, 0.717) is 16.4 Å². The van der Waals surface area contributed by atoms with Crippen LogP contribution in [0.15, 0.2) is 53.4 Å². The van der Waals surface area contributed by atoms with Crippen molar-refractivity contribution in [1.29, 1.82) is 0 Å². The Morgan fingerprint density at radius 1 is 1.12 bits per heavy atom. The number of sulfonamides is 1. The number of carbonyl (C=O) groups is 3. The molecule has 1 aliphatic heterocycles. The van der Waals surface area contributed by atoms with Crippen molar-refractivity contribution in [2.75, 3.05) is 13.1 Å². The lowest BCUT2D eigenvalue weighted by Crippen LogP contribution is -2.48. The normalized spacial score (nSPS) is 15.2. The molecular weight excluding hydrogens is 437 g/mol. The topological polar surface area (TPSA) is 104 Å². The van der Waals surface area contributed by atoms with Gasteiger partial charge in [-0.25, -0.2) is 17.1 Å². The zero-order valence-corrected chi connectivity index (χ0v) is 18.6. The highest BCUT2D eigenvalue weighted by Gasteiger charge is 2.41. The highest BCUT2D eigenvalue weighted by Crippen LogP contribution is 2.30. The van der Waals surface area contributed by atoms with Crippen molar-refractivity contribution in [2.24, 2.45) is 0 Å². The Balaban J connectivity index is 1.78. The Hall–Kier alpha value is -3.27. The van der Waals surface area contributed by atoms with Gasteiger partial charge >= 0.3 is 0 Å². The summed E-state index contributed by atoms with van der Waals surface area (Å²) in [7, 11) is -4.03. The van der Waals surface area contributed by atoms with Gasteiger partial charge in [-0.2, -0.15) is 0 Å². The van der Waals surface area contributed by atoms with Crippen molar-refractivity contribution in [3.05, 3.63) is 65.5 Å². The van der Waals surface area contributed by atoms with Gasteiger partial charge in [0, 0.05) is 26.1 Å². The number of halogens is 1. The van der Waals surface area contributed by atoms with Crippen LogP contribution in [0, 0.1) is 5.82 Å². The Morgan fingerprint density at radius 2 is 1.78 bits per heavy atom. The zero-order chi connectivity index (χ0) is 23.5. The Kier molecular flexibility index (Phi) is 6.93. The molecule has 3 rings (SSSR count). The average molecular weight is 462 g/mol. The molecule has 32 heavy (non-hydrogen) atoms. The van der Waals surface area contributed by atoms with Crippen molar-refractivity contribution in [2.45, 2.75) is 37.8 Å². The molecule has 2 aromatic rings. The predicted molar refractivity (Wildman–Crippen MR) is 114 cm³/mol. The largest absolute Gasteiger partial charge is 0.355 e. The zero-order valence-electron chi connectivity index (χ0n) is 17.7. The fourth-order valence-corrected chi connectivity index (χ4v) is 5.05. The maximum absolute atomic E-state index is 13.2. The van der Waals surface area contributed by atoms with Crippen molar-refractivity contribution >= 4 is 27.7 Å². The van der Waals surface area contributed by atoms with Gasteiger partial charge < -0.3 is 10.2 Å². The smallest absolute Gasteiger partial charge is 0.269 e. The summed E-state index contributed by atoms with van der Waals surface area (Å²) in [5.41, 5.74) is 0.673. The van der Waals surface area contributed by atoms with Crippen LogP contribution in [0.3, 0.4) is 0 Å². The molecule has 0 aliphatic carbocycles. The van der Waals surface area contributed by atoms with E-state index in [0.717, 1.165) is 0 Å². The quantitative estimate of drug-likeness (QED) is 0.647. The molecule has 3 amide bonds. The van der Waals surface area contributed by atoms with Crippen LogP contribution in [-0.4, -0.2) is 54.5 Å². The Morgan fingerprint density at radius 3 is 2.41 bits per heavy atom. The minimum absolute atomic E-state index is 0.0261. The molecule has 8 nitrogen and oxygen atoms in total. The molecule has 1 aliphatic rings. The van der Waals surface area contributed by atoms with Gasteiger partial charge in [0.05, 0.1) is 5.56 Å². The predicted octanol–water partition coefficient (Wildman–Crippen LogP) is 1.91. The van der Waals surface area contributed by atoms with Crippen LogP contribution >= 0.6 is 0 Å². The minimum Gasteiger partial charge on any atom is -0.355 e. The Labute approximate surface area is 186 Å². The van der Waals surface area contributed by atoms with Crippen LogP contribution in [0.1, 0.15) is 36.2 Å². The van der Waals surface area contributed by atoms with Crippen LogP contribution in [0.5, 0.6) is 0 Å². The molecule has 1 unspecified atom stereocenters. The lowest BCUT2D eigenvalue weighted by Gasteiger charge is -2.29. The molecule has 0 aromatic heterocycles. The molecular formula is C22H24FN3O5S. The summed E-state index contributed by atoms with van der Waals surface area (Å²) in [6.45, 7) is 3.36. The van der Waals surface area contributed by atoms with E-state index < -0.39 is 33.7 Å². The van der Waals surface area contributed by atoms with Crippen LogP contribution in [-0.2, 0) is 26.2 Å². The van der Waals surface area contributed by atoms with Crippen LogP contribution < -0.4 is 5.32 Å². The molecule has 1 heterocycles. The van der Waals surface area contributed by atoms with Crippen LogP contribution in [0.2, 0.25) is 0 Å². The number of carbonyl (C=O) groups excluding carboxylic acids is 3. The molecule has 0 saturated heterocycles. The fourth-order valence-electron chi connectivity index (χ4n) is 3.48. The number of likely N-dealkylation sites (N-methyl/N-ethyl adjacent to an activating group) is 1. The molecule has 0 spiro atoms. The molecule has 0 radical (unpaired) electrons. The van der Waals surface area contributed by atoms with Crippen LogP contribution in [0.25, 0.3) is 0 Å². The minimum atomic E-state index is -4.03. The van der Waals surface area contributed by atoms with Crippen molar-refractivity contribution in [1.82, 2.24) is 14.5 Å². The first-order chi connectivity index (χ1) is 15.2. The number of hydrogen-bond donors (Lipinski definition) is 1. The summed E-state index contributed by atoms with van der Waals surface area (Å²) >= 11 is 0. The molecule has 10 heteroatoms. The number of hydrogen-bond acceptors (Lipinski definition) is 5. The molecule has 1 atom stereocenters. The van der Waals surface area contributed by atoms with Gasteiger partial charge in [0.25, 0.3) is 15.9 Å². The highest BCUT2D eigenvalue weighted by molar-refractivity contribution is 7.90. The second-order valence-electron chi connectivity index (χ2n) is 7.35. The SMILES string of the molecule is CCNC(=O)C(C)N(Cc1ccc(F)cc1)C(=O)CCN1C(=O)c2ccccc2S1(=O)=O. The first-order valence-corrected chi connectivity index (χ1v) is 11.6. The molecule has 0 fully saturated rings. The maximum Gasteiger partial charge on any atom is 0.269 e. The second kappa shape index (κ2) is 9.47. The summed E-state index contributed by atoms with van der Waals surface area (Å²) in [6.07, 6.45) is -0.302. The van der Waals surface area contributed by atoms with Crippen molar-refractivity contribution in [3.8, 4) is 0 Å². The van der Waals surface area contributed by atoms with E-state index >= 15 is 0 Å². The number of nitrogens with zero attached hydrogens (tertiary/aromatic N) is 2. The summed E-state index contributed by atoms with van der Waals surface area (Å²) in [5, 5.41) is 2.65. The fraction of sp³-hybridized carbons (Fsp3) is 0.318. The number of fused-ring (bicyclic) bond motifs is 1. The Bertz CT molecular complexity index is 1130. The van der Waals surface area contributed by atoms with Gasteiger partial charge in [-0.1, -0.05) is 24.3 Å². The summed E-state index contributed by atoms with van der Waals surface area (Å²) in [6, 6.07) is 10.5. The first kappa shape index (κ1) is 23.4. The van der Waals surface area contributed by atoms with E-state index in [-0.39, 0.29) is 35.9 Å². The standard InChI is InChI=1S/C22H24FN3O5S/c1-3-24-21(28)15(2)25(14-16-8-10-17(23)11-9-16)20(27)12-13-26-22(29)18-6-4-5-7-19(18)32(26,30)31/h4-11,15H,3,12-14H2,1-2H3,(H,24,28). The van der Waals surface area contributed by atoms with Gasteiger partial charge in [0.15, 0.2) is 0 Å². The van der Waals surface area contributed by atoms with E-state index in [1.165, 1.54) is 47.4 Å². The van der Waals surface area contributed by atoms with Crippen molar-refractivity contribution in [3.63, 3.8) is 0 Å². The third-order valence-electron chi connectivity index (χ3n) is 5.23. The van der Waals surface area contributed by atoms with E-state index in [9.17, 15) is 27.2 Å². The maximum atomic E-state index is 13.2. The van der Waals surface area contributed by atoms with Gasteiger partial charge in [-0.3, -0.25) is 14.4 Å². The number of rotatable bonds is 8. The number of amides is 3. The van der Waals surface area contributed by atoms with E-state index in [1.807, 2.05) is 0 Å². The lowest BCUT2D eigenvalue weighted by molar-refractivity contribution is -0.140. The van der Waals surface area contributed by atoms with E-state index in [2.05, 4.69) is 5.32 Å². The molecule has 0 bridgehead atoms. The number of nitrogens with one attached hydrogen (secondary N) is 1. The molecule has 2 aromatic carbocycles. The lowest BCUT2D eigenvalue weighted by atomic mass is 10.1. The highest BCUT2D eigenvalue weighted by atomic mass is 32.2. The third-order valence-corrected chi connectivity index (χ3v) is 7.07. The van der Waals surface area contributed by atoms with Gasteiger partial charge in [0.2, 0.25) is 11.8 Å². The number of benzene rings is 2. The third kappa shape index (κ3) is 4.64. The van der Waals surface area contributed by atoms with E-state index in [1.54, 1.807) is 19.9 Å². The molecule has 170 valence electrons. The molecule has 1 N–H and O–H groups in total. The first-order valence-electron chi connectivity index (χ1n) is 10.1. The van der Waals surface area contributed by atoms with Gasteiger partial charge in [0.1, 0.15) is 16.8 Å². The monoisotopic (exact) mass is 461 g/mol.